The maximum atomic E-state index is 12.2. The van der Waals surface area contributed by atoms with E-state index in [1.165, 1.54) is 5.56 Å². The number of urea groups is 1. The van der Waals surface area contributed by atoms with Crippen LogP contribution in [0.4, 0.5) is 4.79 Å². The van der Waals surface area contributed by atoms with E-state index in [0.29, 0.717) is 0 Å². The molecule has 0 saturated carbocycles. The minimum atomic E-state index is 0.137. The van der Waals surface area contributed by atoms with Gasteiger partial charge in [-0.2, -0.15) is 0 Å². The molecule has 1 N–H and O–H groups in total. The molecule has 1 aromatic carbocycles. The number of amides is 2. The van der Waals surface area contributed by atoms with E-state index in [2.05, 4.69) is 40.5 Å². The summed E-state index contributed by atoms with van der Waals surface area (Å²) in [6.07, 6.45) is 2.10. The van der Waals surface area contributed by atoms with E-state index in [0.717, 1.165) is 52.1 Å². The van der Waals surface area contributed by atoms with Crippen molar-refractivity contribution in [3.63, 3.8) is 0 Å². The van der Waals surface area contributed by atoms with Gasteiger partial charge in [0.25, 0.3) is 0 Å². The van der Waals surface area contributed by atoms with E-state index in [-0.39, 0.29) is 11.6 Å². The summed E-state index contributed by atoms with van der Waals surface area (Å²) in [4.78, 5) is 18.5. The number of rotatable bonds is 2. The molecule has 5 nitrogen and oxygen atoms in total. The lowest BCUT2D eigenvalue weighted by Gasteiger charge is -2.52. The number of piperidine rings is 1. The number of likely N-dealkylation sites (tertiary alicyclic amines) is 1. The maximum Gasteiger partial charge on any atom is 0.319 e. The van der Waals surface area contributed by atoms with Crippen molar-refractivity contribution in [2.24, 2.45) is 0 Å². The fourth-order valence-electron chi connectivity index (χ4n) is 3.82. The van der Waals surface area contributed by atoms with Crippen molar-refractivity contribution in [3.8, 4) is 0 Å². The van der Waals surface area contributed by atoms with Crippen molar-refractivity contribution in [3.05, 3.63) is 35.9 Å². The van der Waals surface area contributed by atoms with Crippen LogP contribution in [0, 0.1) is 0 Å². The van der Waals surface area contributed by atoms with Crippen LogP contribution in [0.1, 0.15) is 18.4 Å². The van der Waals surface area contributed by atoms with Gasteiger partial charge in [-0.15, -0.1) is 0 Å². The molecule has 2 aliphatic rings. The Morgan fingerprint density at radius 2 is 1.87 bits per heavy atom. The minimum Gasteiger partial charge on any atom is -0.331 e. The lowest BCUT2D eigenvalue weighted by molar-refractivity contribution is 0.00333. The van der Waals surface area contributed by atoms with Gasteiger partial charge in [0.2, 0.25) is 0 Å². The molecule has 1 aromatic rings. The third-order valence-corrected chi connectivity index (χ3v) is 5.25. The van der Waals surface area contributed by atoms with Crippen LogP contribution in [0.5, 0.6) is 0 Å². The van der Waals surface area contributed by atoms with E-state index in [1.54, 1.807) is 4.90 Å². The van der Waals surface area contributed by atoms with Crippen LogP contribution < -0.4 is 5.32 Å². The molecule has 5 heteroatoms. The number of benzene rings is 1. The normalized spacial score (nSPS) is 21.4. The second kappa shape index (κ2) is 6.89. The van der Waals surface area contributed by atoms with Gasteiger partial charge in [0.1, 0.15) is 0 Å². The molecule has 0 aromatic heterocycles. The highest BCUT2D eigenvalue weighted by molar-refractivity contribution is 5.73. The van der Waals surface area contributed by atoms with Crippen LogP contribution in [0.2, 0.25) is 0 Å². The van der Waals surface area contributed by atoms with Gasteiger partial charge in [0.15, 0.2) is 0 Å². The molecule has 0 aliphatic carbocycles. The highest BCUT2D eigenvalue weighted by Crippen LogP contribution is 2.31. The number of hydrogen-bond acceptors (Lipinski definition) is 3. The van der Waals surface area contributed by atoms with Crippen molar-refractivity contribution in [2.45, 2.75) is 24.9 Å². The van der Waals surface area contributed by atoms with Gasteiger partial charge in [-0.3, -0.25) is 4.90 Å². The Bertz CT molecular complexity index is 523. The zero-order chi connectivity index (χ0) is 16.3. The summed E-state index contributed by atoms with van der Waals surface area (Å²) < 4.78 is 0. The van der Waals surface area contributed by atoms with Crippen LogP contribution in [0.3, 0.4) is 0 Å². The summed E-state index contributed by atoms with van der Waals surface area (Å²) in [5.74, 6) is 0. The summed E-state index contributed by atoms with van der Waals surface area (Å²) >= 11 is 0. The van der Waals surface area contributed by atoms with Crippen molar-refractivity contribution in [1.82, 2.24) is 20.0 Å². The Balaban J connectivity index is 1.68. The third kappa shape index (κ3) is 3.51. The Morgan fingerprint density at radius 1 is 1.17 bits per heavy atom. The average molecular weight is 316 g/mol. The Kier molecular flexibility index (Phi) is 4.87. The van der Waals surface area contributed by atoms with Gasteiger partial charge in [0.05, 0.1) is 0 Å². The molecule has 2 heterocycles. The Morgan fingerprint density at radius 3 is 2.52 bits per heavy atom. The fraction of sp³-hybridized carbons (Fsp3) is 0.611. The first-order valence-corrected chi connectivity index (χ1v) is 8.57. The number of carbonyl (C=O) groups is 1. The fourth-order valence-corrected chi connectivity index (χ4v) is 3.82. The van der Waals surface area contributed by atoms with Gasteiger partial charge in [-0.25, -0.2) is 4.79 Å². The maximum absolute atomic E-state index is 12.2. The second-order valence-corrected chi connectivity index (χ2v) is 6.97. The molecular weight excluding hydrogens is 288 g/mol. The van der Waals surface area contributed by atoms with Crippen molar-refractivity contribution in [2.75, 3.05) is 46.8 Å². The van der Waals surface area contributed by atoms with E-state index < -0.39 is 0 Å². The summed E-state index contributed by atoms with van der Waals surface area (Å²) in [7, 11) is 3.66. The third-order valence-electron chi connectivity index (χ3n) is 5.25. The second-order valence-electron chi connectivity index (χ2n) is 6.97. The number of carbonyl (C=O) groups excluding carboxylic acids is 1. The molecule has 0 radical (unpaired) electrons. The standard InChI is InChI=1S/C18H28N4O/c1-20(2)17(23)21-11-8-18(9-12-21)15-19-10-13-22(18)14-16-6-4-3-5-7-16/h3-7,19H,8-15H2,1-2H3. The predicted octanol–water partition coefficient (Wildman–Crippen LogP) is 1.61. The van der Waals surface area contributed by atoms with Gasteiger partial charge in [-0.1, -0.05) is 30.3 Å². The lowest BCUT2D eigenvalue weighted by atomic mass is 9.83. The molecule has 2 fully saturated rings. The van der Waals surface area contributed by atoms with E-state index in [1.807, 2.05) is 19.0 Å². The smallest absolute Gasteiger partial charge is 0.319 e. The van der Waals surface area contributed by atoms with Crippen molar-refractivity contribution < 1.29 is 4.79 Å². The molecule has 2 saturated heterocycles. The summed E-state index contributed by atoms with van der Waals surface area (Å²) in [6, 6.07) is 10.9. The number of piperazine rings is 1. The van der Waals surface area contributed by atoms with Crippen LogP contribution in [0.15, 0.2) is 30.3 Å². The Labute approximate surface area is 139 Å². The molecular formula is C18H28N4O. The van der Waals surface area contributed by atoms with Gasteiger partial charge in [-0.05, 0) is 18.4 Å². The van der Waals surface area contributed by atoms with E-state index in [4.69, 9.17) is 0 Å². The topological polar surface area (TPSA) is 38.8 Å². The number of nitrogens with one attached hydrogen (secondary N) is 1. The van der Waals surface area contributed by atoms with Gasteiger partial charge >= 0.3 is 6.03 Å². The van der Waals surface area contributed by atoms with Crippen LogP contribution in [0.25, 0.3) is 0 Å². The quantitative estimate of drug-likeness (QED) is 0.901. The average Bonchev–Trinajstić information content (AvgIpc) is 2.58. The lowest BCUT2D eigenvalue weighted by Crippen LogP contribution is -2.65. The molecule has 0 bridgehead atoms. The molecule has 126 valence electrons. The molecule has 1 spiro atoms. The Hall–Kier alpha value is -1.59. The van der Waals surface area contributed by atoms with Crippen molar-refractivity contribution in [1.29, 1.82) is 0 Å². The summed E-state index contributed by atoms with van der Waals surface area (Å²) in [5.41, 5.74) is 1.57. The largest absolute Gasteiger partial charge is 0.331 e. The minimum absolute atomic E-state index is 0.137. The zero-order valence-electron chi connectivity index (χ0n) is 14.3. The number of nitrogens with zero attached hydrogens (tertiary/aromatic N) is 3. The predicted molar refractivity (Wildman–Crippen MR) is 92.3 cm³/mol. The van der Waals surface area contributed by atoms with Crippen LogP contribution in [-0.2, 0) is 6.54 Å². The first-order chi connectivity index (χ1) is 11.1. The molecule has 2 amide bonds. The number of hydrogen-bond donors (Lipinski definition) is 1. The zero-order valence-corrected chi connectivity index (χ0v) is 14.3. The molecule has 0 unspecified atom stereocenters. The van der Waals surface area contributed by atoms with E-state index >= 15 is 0 Å². The first-order valence-electron chi connectivity index (χ1n) is 8.57. The highest BCUT2D eigenvalue weighted by Gasteiger charge is 2.42. The monoisotopic (exact) mass is 316 g/mol. The molecule has 0 atom stereocenters. The van der Waals surface area contributed by atoms with Crippen LogP contribution >= 0.6 is 0 Å². The first kappa shape index (κ1) is 16.3. The SMILES string of the molecule is CN(C)C(=O)N1CCC2(CC1)CNCCN2Cc1ccccc1. The molecule has 3 rings (SSSR count). The van der Waals surface area contributed by atoms with Gasteiger partial charge in [0, 0.05) is 58.9 Å². The summed E-state index contributed by atoms with van der Waals surface area (Å²) in [6.45, 7) is 5.87. The van der Waals surface area contributed by atoms with Crippen molar-refractivity contribution >= 4 is 6.03 Å². The van der Waals surface area contributed by atoms with E-state index in [9.17, 15) is 4.79 Å². The molecule has 23 heavy (non-hydrogen) atoms. The van der Waals surface area contributed by atoms with Crippen LogP contribution in [-0.4, -0.2) is 73.1 Å². The van der Waals surface area contributed by atoms with Gasteiger partial charge < -0.3 is 15.1 Å². The molecule has 2 aliphatic heterocycles. The highest BCUT2D eigenvalue weighted by atomic mass is 16.2. The summed E-state index contributed by atoms with van der Waals surface area (Å²) in [5, 5.41) is 3.57.